The molecule has 4 N–H and O–H groups in total. The highest BCUT2D eigenvalue weighted by atomic mass is 16.6. The van der Waals surface area contributed by atoms with Crippen LogP contribution in [0.15, 0.2) is 55.2 Å². The number of ether oxygens (including phenoxy) is 1. The summed E-state index contributed by atoms with van der Waals surface area (Å²) in [6.45, 7) is 0.395. The van der Waals surface area contributed by atoms with Gasteiger partial charge in [0.2, 0.25) is 0 Å². The lowest BCUT2D eigenvalue weighted by Crippen LogP contribution is -2.41. The quantitative estimate of drug-likeness (QED) is 0.313. The van der Waals surface area contributed by atoms with Gasteiger partial charge in [0.05, 0.1) is 18.6 Å². The van der Waals surface area contributed by atoms with Crippen molar-refractivity contribution in [2.24, 2.45) is 0 Å². The third-order valence-corrected chi connectivity index (χ3v) is 5.52. The second kappa shape index (κ2) is 9.09. The maximum atomic E-state index is 12.1. The van der Waals surface area contributed by atoms with E-state index in [1.165, 1.54) is 17.9 Å². The van der Waals surface area contributed by atoms with Crippen molar-refractivity contribution >= 4 is 22.9 Å². The largest absolute Gasteiger partial charge is 0.387 e. The zero-order valence-corrected chi connectivity index (χ0v) is 18.1. The SMILES string of the molecule is CNC(=O)[C@H]1O[C@H](n2cnc3c(NCc4ccccn4)nc(-c4cccnc4)nc32)[C@H](O)[C@@H]1O. The van der Waals surface area contributed by atoms with Crippen molar-refractivity contribution in [1.82, 2.24) is 34.8 Å². The van der Waals surface area contributed by atoms with Crippen LogP contribution in [0.5, 0.6) is 0 Å². The number of anilines is 1. The zero-order valence-electron chi connectivity index (χ0n) is 18.1. The fraction of sp³-hybridized carbons (Fsp3) is 0.273. The monoisotopic (exact) mass is 462 g/mol. The van der Waals surface area contributed by atoms with E-state index in [0.29, 0.717) is 34.9 Å². The predicted molar refractivity (Wildman–Crippen MR) is 120 cm³/mol. The van der Waals surface area contributed by atoms with E-state index < -0.39 is 30.4 Å². The van der Waals surface area contributed by atoms with Gasteiger partial charge >= 0.3 is 0 Å². The van der Waals surface area contributed by atoms with Gasteiger partial charge < -0.3 is 25.6 Å². The van der Waals surface area contributed by atoms with Crippen molar-refractivity contribution in [2.75, 3.05) is 12.4 Å². The molecule has 1 aliphatic heterocycles. The maximum absolute atomic E-state index is 12.1. The molecule has 5 rings (SSSR count). The van der Waals surface area contributed by atoms with Crippen LogP contribution in [0, 0.1) is 0 Å². The molecule has 4 aromatic heterocycles. The van der Waals surface area contributed by atoms with E-state index >= 15 is 0 Å². The molecule has 1 saturated heterocycles. The van der Waals surface area contributed by atoms with Crippen molar-refractivity contribution in [3.8, 4) is 11.4 Å². The molecule has 0 unspecified atom stereocenters. The minimum absolute atomic E-state index is 0.353. The molecule has 0 radical (unpaired) electrons. The Bertz CT molecular complexity index is 1300. The average Bonchev–Trinajstić information content (AvgIpc) is 3.44. The molecule has 1 fully saturated rings. The van der Waals surface area contributed by atoms with Crippen molar-refractivity contribution in [2.45, 2.75) is 31.1 Å². The number of hydrogen-bond acceptors (Lipinski definition) is 10. The summed E-state index contributed by atoms with van der Waals surface area (Å²) in [6.07, 6.45) is 1.32. The standard InChI is InChI=1S/C22H22N8O4/c1-23-21(33)17-15(31)16(32)22(34-17)30-11-27-14-19(26-10-13-6-2-3-8-25-13)28-18(29-20(14)30)12-5-4-7-24-9-12/h2-9,11,15-17,22,31-32H,10H2,1H3,(H,23,33)(H,26,28,29)/t15-,16+,17-,22-/m0/s1. The van der Waals surface area contributed by atoms with E-state index in [0.717, 1.165) is 5.69 Å². The lowest BCUT2D eigenvalue weighted by atomic mass is 10.1. The molecular weight excluding hydrogens is 440 g/mol. The lowest BCUT2D eigenvalue weighted by molar-refractivity contribution is -0.137. The van der Waals surface area contributed by atoms with Crippen LogP contribution in [0.4, 0.5) is 5.82 Å². The fourth-order valence-corrected chi connectivity index (χ4v) is 3.78. The highest BCUT2D eigenvalue weighted by molar-refractivity contribution is 5.85. The number of carbonyl (C=O) groups excluding carboxylic acids is 1. The number of fused-ring (bicyclic) bond motifs is 1. The van der Waals surface area contributed by atoms with E-state index in [-0.39, 0.29) is 0 Å². The number of aromatic nitrogens is 6. The van der Waals surface area contributed by atoms with Crippen molar-refractivity contribution < 1.29 is 19.7 Å². The third kappa shape index (κ3) is 3.94. The van der Waals surface area contributed by atoms with E-state index in [1.807, 2.05) is 24.3 Å². The molecule has 0 aromatic carbocycles. The molecule has 0 saturated carbocycles. The number of rotatable bonds is 6. The molecule has 12 heteroatoms. The lowest BCUT2D eigenvalue weighted by Gasteiger charge is -2.17. The first kappa shape index (κ1) is 21.8. The summed E-state index contributed by atoms with van der Waals surface area (Å²) in [4.78, 5) is 34.2. The van der Waals surface area contributed by atoms with E-state index in [1.54, 1.807) is 24.7 Å². The Balaban J connectivity index is 1.57. The van der Waals surface area contributed by atoms with Gasteiger partial charge in [0.15, 0.2) is 35.1 Å². The van der Waals surface area contributed by atoms with Gasteiger partial charge in [0.1, 0.15) is 12.2 Å². The topological polar surface area (TPSA) is 160 Å². The van der Waals surface area contributed by atoms with Crippen LogP contribution in [-0.2, 0) is 16.1 Å². The van der Waals surface area contributed by atoms with E-state index in [2.05, 4.69) is 35.6 Å². The van der Waals surface area contributed by atoms with Crippen LogP contribution < -0.4 is 10.6 Å². The van der Waals surface area contributed by atoms with Crippen LogP contribution in [-0.4, -0.2) is 71.0 Å². The van der Waals surface area contributed by atoms with Gasteiger partial charge in [-0.05, 0) is 24.3 Å². The molecule has 4 aromatic rings. The first-order valence-electron chi connectivity index (χ1n) is 10.6. The number of hydrogen-bond donors (Lipinski definition) is 4. The summed E-state index contributed by atoms with van der Waals surface area (Å²) >= 11 is 0. The second-order valence-corrected chi connectivity index (χ2v) is 7.68. The minimum atomic E-state index is -1.41. The Morgan fingerprint density at radius 2 is 2.00 bits per heavy atom. The zero-order chi connectivity index (χ0) is 23.7. The van der Waals surface area contributed by atoms with E-state index in [9.17, 15) is 15.0 Å². The van der Waals surface area contributed by atoms with Crippen LogP contribution in [0.2, 0.25) is 0 Å². The summed E-state index contributed by atoms with van der Waals surface area (Å²) in [5, 5.41) is 26.7. The number of imidazole rings is 1. The number of nitrogens with one attached hydrogen (secondary N) is 2. The van der Waals surface area contributed by atoms with Gasteiger partial charge in [-0.1, -0.05) is 6.07 Å². The number of nitrogens with zero attached hydrogens (tertiary/aromatic N) is 6. The number of amides is 1. The Morgan fingerprint density at radius 1 is 1.12 bits per heavy atom. The van der Waals surface area contributed by atoms with Gasteiger partial charge in [-0.2, -0.15) is 0 Å². The number of aliphatic hydroxyl groups is 2. The van der Waals surface area contributed by atoms with Gasteiger partial charge in [-0.3, -0.25) is 19.3 Å². The van der Waals surface area contributed by atoms with Crippen LogP contribution in [0.1, 0.15) is 11.9 Å². The highest BCUT2D eigenvalue weighted by Gasteiger charge is 2.47. The first-order chi connectivity index (χ1) is 16.6. The van der Waals surface area contributed by atoms with E-state index in [4.69, 9.17) is 4.74 Å². The maximum Gasteiger partial charge on any atom is 0.251 e. The number of carbonyl (C=O) groups is 1. The number of aliphatic hydroxyl groups excluding tert-OH is 2. The molecule has 0 aliphatic carbocycles. The highest BCUT2D eigenvalue weighted by Crippen LogP contribution is 2.33. The Kier molecular flexibility index (Phi) is 5.84. The summed E-state index contributed by atoms with van der Waals surface area (Å²) in [7, 11) is 1.43. The van der Waals surface area contributed by atoms with Crippen LogP contribution in [0.3, 0.4) is 0 Å². The molecule has 4 atom stereocenters. The van der Waals surface area contributed by atoms with Crippen LogP contribution in [0.25, 0.3) is 22.6 Å². The summed E-state index contributed by atoms with van der Waals surface area (Å²) in [6, 6.07) is 9.21. The van der Waals surface area contributed by atoms with Crippen LogP contribution >= 0.6 is 0 Å². The molecular formula is C22H22N8O4. The normalized spacial score (nSPS) is 22.1. The van der Waals surface area contributed by atoms with Crippen molar-refractivity contribution in [3.63, 3.8) is 0 Å². The fourth-order valence-electron chi connectivity index (χ4n) is 3.78. The van der Waals surface area contributed by atoms with Gasteiger partial charge in [-0.25, -0.2) is 15.0 Å². The van der Waals surface area contributed by atoms with Gasteiger partial charge in [-0.15, -0.1) is 0 Å². The number of pyridine rings is 2. The summed E-state index contributed by atoms with van der Waals surface area (Å²) in [5.41, 5.74) is 2.26. The molecule has 12 nitrogen and oxygen atoms in total. The third-order valence-electron chi connectivity index (χ3n) is 5.52. The minimum Gasteiger partial charge on any atom is -0.387 e. The molecule has 174 valence electrons. The Labute approximate surface area is 193 Å². The summed E-state index contributed by atoms with van der Waals surface area (Å²) < 4.78 is 7.20. The average molecular weight is 462 g/mol. The Morgan fingerprint density at radius 3 is 2.74 bits per heavy atom. The molecule has 1 amide bonds. The molecule has 0 spiro atoms. The van der Waals surface area contributed by atoms with Crippen molar-refractivity contribution in [1.29, 1.82) is 0 Å². The van der Waals surface area contributed by atoms with Gasteiger partial charge in [0.25, 0.3) is 5.91 Å². The number of likely N-dealkylation sites (N-methyl/N-ethyl adjacent to an activating group) is 1. The Hall–Kier alpha value is -4.00. The molecule has 34 heavy (non-hydrogen) atoms. The smallest absolute Gasteiger partial charge is 0.251 e. The molecule has 0 bridgehead atoms. The first-order valence-corrected chi connectivity index (χ1v) is 10.6. The second-order valence-electron chi connectivity index (χ2n) is 7.68. The summed E-state index contributed by atoms with van der Waals surface area (Å²) in [5.74, 6) is 0.285. The van der Waals surface area contributed by atoms with Crippen molar-refractivity contribution in [3.05, 3.63) is 60.9 Å². The molecule has 5 heterocycles. The van der Waals surface area contributed by atoms with Gasteiger partial charge in [0, 0.05) is 31.2 Å². The predicted octanol–water partition coefficient (Wildman–Crippen LogP) is 0.261. The molecule has 1 aliphatic rings.